The Kier molecular flexibility index (Phi) is 0.896. The normalized spacial score (nSPS) is 46.1. The van der Waals surface area contributed by atoms with Gasteiger partial charge in [0.1, 0.15) is 0 Å². The molecular weight excluding hydrogens is 108 g/mol. The summed E-state index contributed by atoms with van der Waals surface area (Å²) in [6.07, 6.45) is 8.47. The van der Waals surface area contributed by atoms with Crippen molar-refractivity contribution in [2.24, 2.45) is 11.3 Å². The fourth-order valence-electron chi connectivity index (χ4n) is 1.78. The molecule has 2 aliphatic rings. The maximum atomic E-state index is 3.22. The van der Waals surface area contributed by atoms with E-state index in [0.717, 1.165) is 5.92 Å². The maximum Gasteiger partial charge on any atom is -0.00107 e. The molecule has 0 amide bonds. The second-order valence-corrected chi connectivity index (χ2v) is 3.39. The molecule has 1 saturated carbocycles. The second kappa shape index (κ2) is 1.52. The smallest absolute Gasteiger partial charge is 0.00107 e. The van der Waals surface area contributed by atoms with Gasteiger partial charge in [-0.05, 0) is 42.7 Å². The third-order valence-corrected chi connectivity index (χ3v) is 2.75. The van der Waals surface area contributed by atoms with Crippen LogP contribution >= 0.6 is 0 Å². The Hall–Kier alpha value is -0.480. The summed E-state index contributed by atoms with van der Waals surface area (Å²) in [5.41, 5.74) is 3.84. The standard InChI is InChI=1S/C9H12/c1-8-7-9(8)5-3-2-4-6-9/h2,6,8H,3,5,7H2,1H3. The van der Waals surface area contributed by atoms with E-state index in [1.165, 1.54) is 19.3 Å². The van der Waals surface area contributed by atoms with Gasteiger partial charge in [-0.2, -0.15) is 0 Å². The minimum Gasteiger partial charge on any atom is -0.129 e. The Labute approximate surface area is 56.3 Å². The van der Waals surface area contributed by atoms with Crippen molar-refractivity contribution in [3.8, 4) is 0 Å². The molecule has 0 radical (unpaired) electrons. The molecule has 2 rings (SSSR count). The molecule has 9 heavy (non-hydrogen) atoms. The predicted molar refractivity (Wildman–Crippen MR) is 38.1 cm³/mol. The van der Waals surface area contributed by atoms with Crippen molar-refractivity contribution >= 4 is 0 Å². The van der Waals surface area contributed by atoms with E-state index >= 15 is 0 Å². The lowest BCUT2D eigenvalue weighted by Gasteiger charge is -2.10. The van der Waals surface area contributed by atoms with Crippen molar-refractivity contribution in [3.05, 3.63) is 17.9 Å². The Balaban J connectivity index is 2.24. The summed E-state index contributed by atoms with van der Waals surface area (Å²) in [7, 11) is 0. The highest BCUT2D eigenvalue weighted by Gasteiger charge is 2.48. The first-order valence-corrected chi connectivity index (χ1v) is 3.76. The van der Waals surface area contributed by atoms with Gasteiger partial charge < -0.3 is 0 Å². The van der Waals surface area contributed by atoms with Crippen molar-refractivity contribution in [1.82, 2.24) is 0 Å². The molecule has 0 bridgehead atoms. The van der Waals surface area contributed by atoms with Crippen LogP contribution in [0.2, 0.25) is 0 Å². The van der Waals surface area contributed by atoms with Gasteiger partial charge in [0, 0.05) is 0 Å². The first-order chi connectivity index (χ1) is 4.33. The lowest BCUT2D eigenvalue weighted by molar-refractivity contribution is 0.534. The van der Waals surface area contributed by atoms with Crippen LogP contribution in [0.25, 0.3) is 0 Å². The summed E-state index contributed by atoms with van der Waals surface area (Å²) >= 11 is 0. The number of allylic oxidation sites excluding steroid dienone is 1. The molecule has 0 nitrogen and oxygen atoms in total. The minimum absolute atomic E-state index is 0.620. The van der Waals surface area contributed by atoms with Crippen LogP contribution in [0.5, 0.6) is 0 Å². The first-order valence-electron chi connectivity index (χ1n) is 3.76. The fraction of sp³-hybridized carbons (Fsp3) is 0.667. The molecule has 48 valence electrons. The van der Waals surface area contributed by atoms with Crippen LogP contribution < -0.4 is 0 Å². The van der Waals surface area contributed by atoms with E-state index in [0.29, 0.717) is 5.41 Å². The molecular formula is C9H12. The van der Waals surface area contributed by atoms with E-state index in [1.807, 2.05) is 0 Å². The maximum absolute atomic E-state index is 3.22. The van der Waals surface area contributed by atoms with Gasteiger partial charge in [-0.25, -0.2) is 0 Å². The topological polar surface area (TPSA) is 0 Å². The van der Waals surface area contributed by atoms with Crippen molar-refractivity contribution in [1.29, 1.82) is 0 Å². The zero-order valence-electron chi connectivity index (χ0n) is 5.85. The summed E-state index contributed by atoms with van der Waals surface area (Å²) in [5, 5.41) is 0. The van der Waals surface area contributed by atoms with Gasteiger partial charge in [0.05, 0.1) is 0 Å². The van der Waals surface area contributed by atoms with Gasteiger partial charge in [-0.3, -0.25) is 0 Å². The van der Waals surface area contributed by atoms with E-state index in [1.54, 1.807) is 0 Å². The molecule has 2 aliphatic carbocycles. The molecule has 0 aromatic carbocycles. The number of hydrogen-bond acceptors (Lipinski definition) is 0. The van der Waals surface area contributed by atoms with Crippen LogP contribution in [0, 0.1) is 11.3 Å². The SMILES string of the molecule is CC1CC12C=C=CCC2. The Morgan fingerprint density at radius 3 is 2.78 bits per heavy atom. The van der Waals surface area contributed by atoms with E-state index < -0.39 is 0 Å². The third kappa shape index (κ3) is 0.668. The average molecular weight is 120 g/mol. The van der Waals surface area contributed by atoms with E-state index in [9.17, 15) is 0 Å². The molecule has 0 aliphatic heterocycles. The predicted octanol–water partition coefficient (Wildman–Crippen LogP) is 2.52. The quantitative estimate of drug-likeness (QED) is 0.431. The minimum atomic E-state index is 0.620. The zero-order chi connectivity index (χ0) is 6.32. The van der Waals surface area contributed by atoms with Crippen molar-refractivity contribution in [2.45, 2.75) is 26.2 Å². The molecule has 0 heteroatoms. The average Bonchev–Trinajstić information content (AvgIpc) is 2.44. The molecule has 1 fully saturated rings. The van der Waals surface area contributed by atoms with Crippen molar-refractivity contribution in [3.63, 3.8) is 0 Å². The highest BCUT2D eigenvalue weighted by molar-refractivity contribution is 5.16. The number of rotatable bonds is 0. The molecule has 0 saturated heterocycles. The van der Waals surface area contributed by atoms with Crippen LogP contribution in [-0.4, -0.2) is 0 Å². The lowest BCUT2D eigenvalue weighted by atomic mass is 9.94. The fourth-order valence-corrected chi connectivity index (χ4v) is 1.78. The van der Waals surface area contributed by atoms with Crippen molar-refractivity contribution < 1.29 is 0 Å². The summed E-state index contributed by atoms with van der Waals surface area (Å²) < 4.78 is 0. The summed E-state index contributed by atoms with van der Waals surface area (Å²) in [5.74, 6) is 0.943. The first kappa shape index (κ1) is 5.32. The molecule has 2 unspecified atom stereocenters. The highest BCUT2D eigenvalue weighted by Crippen LogP contribution is 2.57. The molecule has 2 atom stereocenters. The largest absolute Gasteiger partial charge is 0.129 e. The summed E-state index contributed by atoms with van der Waals surface area (Å²) in [6.45, 7) is 2.34. The van der Waals surface area contributed by atoms with E-state index in [2.05, 4.69) is 24.8 Å². The third-order valence-electron chi connectivity index (χ3n) is 2.75. The Bertz CT molecular complexity index is 184. The zero-order valence-corrected chi connectivity index (χ0v) is 5.85. The van der Waals surface area contributed by atoms with Gasteiger partial charge in [0.15, 0.2) is 0 Å². The van der Waals surface area contributed by atoms with E-state index in [-0.39, 0.29) is 0 Å². The van der Waals surface area contributed by atoms with Crippen LogP contribution in [0.1, 0.15) is 26.2 Å². The van der Waals surface area contributed by atoms with Gasteiger partial charge in [0.2, 0.25) is 0 Å². The van der Waals surface area contributed by atoms with Gasteiger partial charge in [0.25, 0.3) is 0 Å². The van der Waals surface area contributed by atoms with Gasteiger partial charge in [-0.15, -0.1) is 5.73 Å². The number of hydrogen-bond donors (Lipinski definition) is 0. The van der Waals surface area contributed by atoms with Crippen LogP contribution in [0.4, 0.5) is 0 Å². The molecule has 0 aromatic rings. The van der Waals surface area contributed by atoms with Gasteiger partial charge in [-0.1, -0.05) is 6.92 Å². The monoisotopic (exact) mass is 120 g/mol. The molecule has 0 N–H and O–H groups in total. The summed E-state index contributed by atoms with van der Waals surface area (Å²) in [6, 6.07) is 0. The van der Waals surface area contributed by atoms with Crippen LogP contribution in [-0.2, 0) is 0 Å². The second-order valence-electron chi connectivity index (χ2n) is 3.39. The molecule has 1 spiro atoms. The summed E-state index contributed by atoms with van der Waals surface area (Å²) in [4.78, 5) is 0. The van der Waals surface area contributed by atoms with Crippen LogP contribution in [0.15, 0.2) is 17.9 Å². The van der Waals surface area contributed by atoms with Gasteiger partial charge >= 0.3 is 0 Å². The molecule has 0 aromatic heterocycles. The lowest BCUT2D eigenvalue weighted by Crippen LogP contribution is -1.99. The Morgan fingerprint density at radius 1 is 1.67 bits per heavy atom. The van der Waals surface area contributed by atoms with E-state index in [4.69, 9.17) is 0 Å². The highest BCUT2D eigenvalue weighted by atomic mass is 14.5. The molecule has 0 heterocycles. The van der Waals surface area contributed by atoms with Crippen molar-refractivity contribution in [2.75, 3.05) is 0 Å². The van der Waals surface area contributed by atoms with Crippen LogP contribution in [0.3, 0.4) is 0 Å². The Morgan fingerprint density at radius 2 is 2.44 bits per heavy atom.